The number of ether oxygens (including phenoxy) is 4. The van der Waals surface area contributed by atoms with Crippen molar-refractivity contribution < 1.29 is 56.8 Å². The van der Waals surface area contributed by atoms with Crippen molar-refractivity contribution in [1.29, 1.82) is 0 Å². The molecule has 10 rings (SSSR count). The summed E-state index contributed by atoms with van der Waals surface area (Å²) in [4.78, 5) is 31.5. The highest BCUT2D eigenvalue weighted by Crippen LogP contribution is 2.31. The number of phenols is 1. The van der Waals surface area contributed by atoms with E-state index in [1.807, 2.05) is 97.1 Å². The summed E-state index contributed by atoms with van der Waals surface area (Å²) < 4.78 is 42.3. The molecule has 21 heteroatoms. The molecule has 6 aromatic carbocycles. The van der Waals surface area contributed by atoms with E-state index >= 15 is 0 Å². The molecule has 4 aromatic heterocycles. The zero-order valence-corrected chi connectivity index (χ0v) is 44.3. The number of halogens is 3. The smallest absolute Gasteiger partial charge is 0.306 e. The molecule has 0 aliphatic heterocycles. The fourth-order valence-corrected chi connectivity index (χ4v) is 7.91. The van der Waals surface area contributed by atoms with Crippen LogP contribution in [0, 0.1) is 0 Å². The molecular formula is C59H53Cl3N6O12. The van der Waals surface area contributed by atoms with Crippen LogP contribution in [-0.2, 0) is 40.0 Å². The number of carbonyl (C=O) groups excluding carboxylic acids is 1. The lowest BCUT2D eigenvalue weighted by Crippen LogP contribution is -2.11. The Bertz CT molecular complexity index is 3420. The van der Waals surface area contributed by atoms with E-state index in [0.29, 0.717) is 76.2 Å². The quantitative estimate of drug-likeness (QED) is 0.0502. The van der Waals surface area contributed by atoms with Crippen LogP contribution in [0.2, 0.25) is 10.0 Å². The number of benzene rings is 6. The maximum absolute atomic E-state index is 11.7. The number of phenolic OH excluding ortho intramolecular Hbond substituents is 1. The largest absolute Gasteiger partial charge is 0.508 e. The van der Waals surface area contributed by atoms with Gasteiger partial charge in [0.2, 0.25) is 17.5 Å². The van der Waals surface area contributed by atoms with Crippen molar-refractivity contribution in [2.45, 2.75) is 64.7 Å². The number of aromatic hydroxyl groups is 1. The summed E-state index contributed by atoms with van der Waals surface area (Å²) in [7, 11) is 0. The third kappa shape index (κ3) is 17.5. The Morgan fingerprint density at radius 1 is 0.537 bits per heavy atom. The van der Waals surface area contributed by atoms with E-state index < -0.39 is 11.9 Å². The van der Waals surface area contributed by atoms with Crippen molar-refractivity contribution >= 4 is 46.7 Å². The third-order valence-corrected chi connectivity index (χ3v) is 12.3. The van der Waals surface area contributed by atoms with E-state index in [1.165, 1.54) is 12.5 Å². The average Bonchev–Trinajstić information content (AvgIpc) is 4.35. The van der Waals surface area contributed by atoms with Gasteiger partial charge in [0, 0.05) is 45.1 Å². The zero-order chi connectivity index (χ0) is 55.3. The summed E-state index contributed by atoms with van der Waals surface area (Å²) in [5.74, 6) is 2.23. The molecule has 2 N–H and O–H groups in total. The number of carboxylic acid groups (broad SMARTS) is 1. The SMILES string of the molecule is C.CCOC(=O)C[C@@H](c1ccc(O)cc1)c1ccon1.ClCc1nc(-c2ccc(OCc3ccc(Cl)cc3)cc2)no1.O=C(O)C[C@@H](c1ccc(OCc2nc(-c3ccc(OCc4ccc(Cl)cc4)cc3)no2)cc1)c1ccon1. The molecule has 0 saturated heterocycles. The first-order chi connectivity index (χ1) is 38.5. The summed E-state index contributed by atoms with van der Waals surface area (Å²) in [6, 6.07) is 47.1. The lowest BCUT2D eigenvalue weighted by atomic mass is 9.92. The molecule has 0 spiro atoms. The molecule has 0 radical (unpaired) electrons. The summed E-state index contributed by atoms with van der Waals surface area (Å²) in [5.41, 5.74) is 6.58. The number of hydrogen-bond acceptors (Lipinski definition) is 17. The van der Waals surface area contributed by atoms with Crippen LogP contribution in [0.25, 0.3) is 22.8 Å². The monoisotopic (exact) mass is 1140 g/mol. The van der Waals surface area contributed by atoms with Gasteiger partial charge in [0.05, 0.1) is 30.8 Å². The second kappa shape index (κ2) is 29.7. The topological polar surface area (TPSA) is 241 Å². The fourth-order valence-electron chi connectivity index (χ4n) is 7.55. The van der Waals surface area contributed by atoms with E-state index in [1.54, 1.807) is 67.6 Å². The molecule has 0 fully saturated rings. The highest BCUT2D eigenvalue weighted by atomic mass is 35.5. The van der Waals surface area contributed by atoms with Crippen molar-refractivity contribution in [1.82, 2.24) is 30.6 Å². The summed E-state index contributed by atoms with van der Waals surface area (Å²) in [6.07, 6.45) is 2.97. The number of alkyl halides is 1. The molecule has 0 bridgehead atoms. The molecule has 0 aliphatic rings. The maximum Gasteiger partial charge on any atom is 0.306 e. The van der Waals surface area contributed by atoms with Gasteiger partial charge >= 0.3 is 11.9 Å². The van der Waals surface area contributed by atoms with Crippen LogP contribution in [0.1, 0.15) is 84.5 Å². The Kier molecular flexibility index (Phi) is 21.8. The standard InChI is InChI=1S/C28H22ClN3O6.C16H12Cl2N2O2.C14H15NO4.CH4/c29-21-7-1-18(2-8-21)16-35-22-11-5-20(6-12-22)28-30-26(38-32-28)17-36-23-9-3-19(4-10-23)24(15-27(33)34)25-13-14-37-31-25;17-9-15-19-16(20-22-15)12-3-7-14(8-4-12)21-10-11-1-5-13(18)6-2-11;1-2-18-14(17)9-12(13-7-8-19-15-13)10-3-5-11(16)6-4-10;/h1-14,24H,15-17H2,(H,33,34);1-8H,9-10H2;3-8,12,16H,2,9H2,1H3;1H4/t24-;;12-;/m0.0./s1. The predicted octanol–water partition coefficient (Wildman–Crippen LogP) is 14.0. The molecule has 2 atom stereocenters. The first-order valence-corrected chi connectivity index (χ1v) is 25.6. The van der Waals surface area contributed by atoms with Gasteiger partial charge in [0.1, 0.15) is 54.6 Å². The number of carbonyl (C=O) groups is 2. The number of nitrogens with zero attached hydrogens (tertiary/aromatic N) is 6. The third-order valence-electron chi connectivity index (χ3n) is 11.5. The number of carboxylic acids is 1. The van der Waals surface area contributed by atoms with Crippen LogP contribution in [0.4, 0.5) is 0 Å². The first kappa shape index (κ1) is 58.7. The van der Waals surface area contributed by atoms with Crippen LogP contribution in [0.3, 0.4) is 0 Å². The van der Waals surface area contributed by atoms with Crippen LogP contribution in [0.15, 0.2) is 188 Å². The molecule has 18 nitrogen and oxygen atoms in total. The Labute approximate surface area is 474 Å². The number of rotatable bonds is 21. The van der Waals surface area contributed by atoms with E-state index in [-0.39, 0.29) is 50.4 Å². The van der Waals surface area contributed by atoms with Gasteiger partial charge < -0.3 is 47.3 Å². The number of aromatic nitrogens is 6. The van der Waals surface area contributed by atoms with Gasteiger partial charge in [0.15, 0.2) is 6.61 Å². The number of esters is 1. The lowest BCUT2D eigenvalue weighted by molar-refractivity contribution is -0.143. The van der Waals surface area contributed by atoms with Crippen molar-refractivity contribution in [3.8, 4) is 45.8 Å². The van der Waals surface area contributed by atoms with Gasteiger partial charge in [0.25, 0.3) is 5.89 Å². The average molecular weight is 1140 g/mol. The fraction of sp³-hybridized carbons (Fsp3) is 0.186. The minimum Gasteiger partial charge on any atom is -0.508 e. The van der Waals surface area contributed by atoms with E-state index in [4.69, 9.17) is 71.8 Å². The Hall–Kier alpha value is -8.97. The molecule has 10 aromatic rings. The molecule has 0 unspecified atom stereocenters. The van der Waals surface area contributed by atoms with Crippen molar-refractivity contribution in [3.05, 3.63) is 226 Å². The van der Waals surface area contributed by atoms with Crippen LogP contribution in [-0.4, -0.2) is 59.4 Å². The van der Waals surface area contributed by atoms with E-state index in [9.17, 15) is 19.8 Å². The Morgan fingerprint density at radius 2 is 0.963 bits per heavy atom. The first-order valence-electron chi connectivity index (χ1n) is 24.3. The highest BCUT2D eigenvalue weighted by molar-refractivity contribution is 6.30. The zero-order valence-electron chi connectivity index (χ0n) is 42.1. The minimum absolute atomic E-state index is 0. The summed E-state index contributed by atoms with van der Waals surface area (Å²) in [5, 5.41) is 35.6. The number of hydrogen-bond donors (Lipinski definition) is 2. The van der Waals surface area contributed by atoms with E-state index in [0.717, 1.165) is 39.1 Å². The van der Waals surface area contributed by atoms with Gasteiger partial charge in [-0.15, -0.1) is 11.6 Å². The van der Waals surface area contributed by atoms with Gasteiger partial charge in [-0.1, -0.05) is 99.8 Å². The number of aliphatic carboxylic acids is 1. The Morgan fingerprint density at radius 3 is 1.39 bits per heavy atom. The van der Waals surface area contributed by atoms with Crippen LogP contribution in [0.5, 0.6) is 23.0 Å². The van der Waals surface area contributed by atoms with Crippen molar-refractivity contribution in [2.24, 2.45) is 0 Å². The molecular weight excluding hydrogens is 1090 g/mol. The van der Waals surface area contributed by atoms with Crippen molar-refractivity contribution in [2.75, 3.05) is 6.61 Å². The van der Waals surface area contributed by atoms with Crippen LogP contribution < -0.4 is 14.2 Å². The van der Waals surface area contributed by atoms with Gasteiger partial charge in [-0.3, -0.25) is 9.59 Å². The molecule has 0 aliphatic carbocycles. The highest BCUT2D eigenvalue weighted by Gasteiger charge is 2.23. The second-order valence-electron chi connectivity index (χ2n) is 17.0. The second-order valence-corrected chi connectivity index (χ2v) is 18.2. The lowest BCUT2D eigenvalue weighted by Gasteiger charge is -2.13. The molecule has 412 valence electrons. The predicted molar refractivity (Wildman–Crippen MR) is 296 cm³/mol. The van der Waals surface area contributed by atoms with E-state index in [2.05, 4.69) is 30.6 Å². The summed E-state index contributed by atoms with van der Waals surface area (Å²) >= 11 is 17.4. The summed E-state index contributed by atoms with van der Waals surface area (Å²) in [6.45, 7) is 3.11. The van der Waals surface area contributed by atoms with Gasteiger partial charge in [-0.25, -0.2) is 0 Å². The Balaban J connectivity index is 0.000000187. The molecule has 80 heavy (non-hydrogen) atoms. The normalized spacial score (nSPS) is 11.3. The minimum atomic E-state index is -0.925. The van der Waals surface area contributed by atoms with Crippen molar-refractivity contribution in [3.63, 3.8) is 0 Å². The molecule has 0 amide bonds. The maximum atomic E-state index is 11.7. The molecule has 4 heterocycles. The molecule has 0 saturated carbocycles. The van der Waals surface area contributed by atoms with Crippen LogP contribution >= 0.6 is 34.8 Å². The van der Waals surface area contributed by atoms with Gasteiger partial charge in [-0.2, -0.15) is 9.97 Å². The van der Waals surface area contributed by atoms with Gasteiger partial charge in [-0.05, 0) is 126 Å².